The molecule has 0 aliphatic carbocycles. The number of hydrogen-bond donors (Lipinski definition) is 2. The van der Waals surface area contributed by atoms with Gasteiger partial charge in [-0.1, -0.05) is 12.1 Å². The van der Waals surface area contributed by atoms with E-state index in [2.05, 4.69) is 15.5 Å². The number of benzene rings is 1. The van der Waals surface area contributed by atoms with E-state index in [9.17, 15) is 4.79 Å². The van der Waals surface area contributed by atoms with Crippen molar-refractivity contribution in [3.63, 3.8) is 0 Å². The van der Waals surface area contributed by atoms with Crippen LogP contribution < -0.4 is 11.2 Å². The lowest BCUT2D eigenvalue weighted by Crippen LogP contribution is -2.19. The summed E-state index contributed by atoms with van der Waals surface area (Å²) in [7, 11) is 0. The van der Waals surface area contributed by atoms with Crippen molar-refractivity contribution in [1.82, 2.24) is 10.4 Å². The summed E-state index contributed by atoms with van der Waals surface area (Å²) in [5.41, 5.74) is 10.9. The summed E-state index contributed by atoms with van der Waals surface area (Å²) in [6.45, 7) is 1.80. The maximum Gasteiger partial charge on any atom is 0.272 e. The van der Waals surface area contributed by atoms with E-state index in [1.54, 1.807) is 37.4 Å². The average Bonchev–Trinajstić information content (AvgIpc) is 2.45. The molecule has 0 bridgehead atoms. The summed E-state index contributed by atoms with van der Waals surface area (Å²) in [4.78, 5) is 15.6. The van der Waals surface area contributed by atoms with Crippen LogP contribution >= 0.6 is 0 Å². The molecule has 0 aliphatic rings. The Labute approximate surface area is 111 Å². The van der Waals surface area contributed by atoms with Crippen molar-refractivity contribution in [3.05, 3.63) is 59.9 Å². The minimum atomic E-state index is -0.295. The molecule has 0 saturated heterocycles. The lowest BCUT2D eigenvalue weighted by atomic mass is 10.1. The highest BCUT2D eigenvalue weighted by molar-refractivity contribution is 6.01. The maximum atomic E-state index is 11.8. The molecule has 1 heterocycles. The summed E-state index contributed by atoms with van der Waals surface area (Å²) in [5, 5.41) is 4.05. The number of amides is 1. The van der Waals surface area contributed by atoms with Crippen molar-refractivity contribution in [3.8, 4) is 0 Å². The van der Waals surface area contributed by atoms with Crippen molar-refractivity contribution >= 4 is 17.3 Å². The zero-order valence-electron chi connectivity index (χ0n) is 10.5. The summed E-state index contributed by atoms with van der Waals surface area (Å²) < 4.78 is 0. The van der Waals surface area contributed by atoms with Crippen LogP contribution in [-0.2, 0) is 0 Å². The molecular formula is C14H14N4O. The smallest absolute Gasteiger partial charge is 0.272 e. The Morgan fingerprint density at radius 3 is 2.74 bits per heavy atom. The van der Waals surface area contributed by atoms with Crippen LogP contribution in [0.2, 0.25) is 0 Å². The van der Waals surface area contributed by atoms with E-state index >= 15 is 0 Å². The second kappa shape index (κ2) is 5.77. The van der Waals surface area contributed by atoms with Crippen LogP contribution in [0.4, 0.5) is 5.69 Å². The van der Waals surface area contributed by atoms with Gasteiger partial charge in [0.15, 0.2) is 0 Å². The third kappa shape index (κ3) is 3.38. The molecule has 0 atom stereocenters. The van der Waals surface area contributed by atoms with E-state index in [1.807, 2.05) is 12.1 Å². The van der Waals surface area contributed by atoms with Gasteiger partial charge in [0.2, 0.25) is 0 Å². The lowest BCUT2D eigenvalue weighted by Gasteiger charge is -2.03. The molecule has 0 saturated carbocycles. The van der Waals surface area contributed by atoms with Gasteiger partial charge < -0.3 is 5.73 Å². The van der Waals surface area contributed by atoms with E-state index < -0.39 is 0 Å². The van der Waals surface area contributed by atoms with Crippen molar-refractivity contribution in [2.24, 2.45) is 5.10 Å². The van der Waals surface area contributed by atoms with Gasteiger partial charge >= 0.3 is 0 Å². The fourth-order valence-electron chi connectivity index (χ4n) is 1.52. The van der Waals surface area contributed by atoms with Gasteiger partial charge in [-0.15, -0.1) is 0 Å². The Kier molecular flexibility index (Phi) is 3.87. The van der Waals surface area contributed by atoms with Crippen LogP contribution in [0, 0.1) is 0 Å². The van der Waals surface area contributed by atoms with Gasteiger partial charge in [-0.3, -0.25) is 9.78 Å². The Bertz CT molecular complexity index is 608. The third-order valence-corrected chi connectivity index (χ3v) is 2.55. The molecule has 5 nitrogen and oxygen atoms in total. The highest BCUT2D eigenvalue weighted by atomic mass is 16.2. The van der Waals surface area contributed by atoms with E-state index in [1.165, 1.54) is 6.20 Å². The first kappa shape index (κ1) is 12.8. The summed E-state index contributed by atoms with van der Waals surface area (Å²) in [6, 6.07) is 10.7. The molecule has 3 N–H and O–H groups in total. The molecule has 19 heavy (non-hydrogen) atoms. The fourth-order valence-corrected chi connectivity index (χ4v) is 1.52. The molecule has 1 aromatic heterocycles. The minimum Gasteiger partial charge on any atom is -0.399 e. The van der Waals surface area contributed by atoms with Crippen molar-refractivity contribution in [2.75, 3.05) is 5.73 Å². The van der Waals surface area contributed by atoms with Gasteiger partial charge in [-0.2, -0.15) is 5.10 Å². The van der Waals surface area contributed by atoms with Gasteiger partial charge in [-0.25, -0.2) is 5.43 Å². The predicted molar refractivity (Wildman–Crippen MR) is 74.8 cm³/mol. The Hall–Kier alpha value is -2.69. The number of rotatable bonds is 3. The highest BCUT2D eigenvalue weighted by Gasteiger charge is 2.04. The number of nitrogens with one attached hydrogen (secondary N) is 1. The Morgan fingerprint density at radius 1 is 1.26 bits per heavy atom. The zero-order valence-corrected chi connectivity index (χ0v) is 10.5. The quantitative estimate of drug-likeness (QED) is 0.498. The lowest BCUT2D eigenvalue weighted by molar-refractivity contribution is 0.0954. The number of carbonyl (C=O) groups excluding carboxylic acids is 1. The van der Waals surface area contributed by atoms with Crippen LogP contribution in [0.15, 0.2) is 53.9 Å². The normalized spacial score (nSPS) is 11.1. The number of aromatic nitrogens is 1. The molecule has 0 unspecified atom stereocenters. The number of nitrogen functional groups attached to an aromatic ring is 1. The van der Waals surface area contributed by atoms with Gasteiger partial charge in [0, 0.05) is 18.1 Å². The second-order valence-corrected chi connectivity index (χ2v) is 4.01. The number of hydrogen-bond acceptors (Lipinski definition) is 4. The minimum absolute atomic E-state index is 0.295. The molecule has 1 aromatic carbocycles. The van der Waals surface area contributed by atoms with Gasteiger partial charge in [0.05, 0.1) is 11.3 Å². The van der Waals surface area contributed by atoms with Crippen LogP contribution in [0.25, 0.3) is 0 Å². The Balaban J connectivity index is 2.09. The number of pyridine rings is 1. The van der Waals surface area contributed by atoms with Crippen molar-refractivity contribution in [2.45, 2.75) is 6.92 Å². The van der Waals surface area contributed by atoms with Crippen molar-refractivity contribution in [1.29, 1.82) is 0 Å². The summed E-state index contributed by atoms with van der Waals surface area (Å²) in [6.07, 6.45) is 3.10. The zero-order chi connectivity index (χ0) is 13.7. The maximum absolute atomic E-state index is 11.8. The number of anilines is 1. The molecule has 1 amide bonds. The van der Waals surface area contributed by atoms with E-state index in [0.29, 0.717) is 17.0 Å². The standard InChI is InChI=1S/C14H14N4O/c1-10(11-4-2-6-13(15)8-11)17-18-14(19)12-5-3-7-16-9-12/h2-9H,15H2,1H3,(H,18,19). The summed E-state index contributed by atoms with van der Waals surface area (Å²) >= 11 is 0. The average molecular weight is 254 g/mol. The van der Waals surface area contributed by atoms with Crippen molar-refractivity contribution < 1.29 is 4.79 Å². The highest BCUT2D eigenvalue weighted by Crippen LogP contribution is 2.07. The Morgan fingerprint density at radius 2 is 2.05 bits per heavy atom. The monoisotopic (exact) mass is 254 g/mol. The number of hydrazone groups is 1. The summed E-state index contributed by atoms with van der Waals surface area (Å²) in [5.74, 6) is -0.295. The van der Waals surface area contributed by atoms with E-state index in [0.717, 1.165) is 5.56 Å². The molecular weight excluding hydrogens is 240 g/mol. The molecule has 0 fully saturated rings. The molecule has 5 heteroatoms. The molecule has 0 spiro atoms. The number of nitrogens with two attached hydrogens (primary N) is 1. The second-order valence-electron chi connectivity index (χ2n) is 4.01. The predicted octanol–water partition coefficient (Wildman–Crippen LogP) is 1.82. The molecule has 0 aliphatic heterocycles. The third-order valence-electron chi connectivity index (χ3n) is 2.55. The molecule has 96 valence electrons. The molecule has 0 radical (unpaired) electrons. The van der Waals surface area contributed by atoms with E-state index in [-0.39, 0.29) is 5.91 Å². The molecule has 2 rings (SSSR count). The topological polar surface area (TPSA) is 80.4 Å². The SMILES string of the molecule is CC(=NNC(=O)c1cccnc1)c1cccc(N)c1. The van der Waals surface area contributed by atoms with Crippen LogP contribution in [-0.4, -0.2) is 16.6 Å². The van der Waals surface area contributed by atoms with Gasteiger partial charge in [-0.05, 0) is 36.8 Å². The first-order valence-electron chi connectivity index (χ1n) is 5.77. The number of nitrogens with zero attached hydrogens (tertiary/aromatic N) is 2. The van der Waals surface area contributed by atoms with Gasteiger partial charge in [0.25, 0.3) is 5.91 Å². The fraction of sp³-hybridized carbons (Fsp3) is 0.0714. The van der Waals surface area contributed by atoms with Gasteiger partial charge in [0.1, 0.15) is 0 Å². The number of carbonyl (C=O) groups is 1. The first-order chi connectivity index (χ1) is 9.16. The van der Waals surface area contributed by atoms with Crippen LogP contribution in [0.3, 0.4) is 0 Å². The molecule has 2 aromatic rings. The van der Waals surface area contributed by atoms with Crippen LogP contribution in [0.5, 0.6) is 0 Å². The van der Waals surface area contributed by atoms with E-state index in [4.69, 9.17) is 5.73 Å². The van der Waals surface area contributed by atoms with Crippen LogP contribution in [0.1, 0.15) is 22.8 Å². The largest absolute Gasteiger partial charge is 0.399 e. The first-order valence-corrected chi connectivity index (χ1v) is 5.77.